The topological polar surface area (TPSA) is 132 Å². The van der Waals surface area contributed by atoms with Crippen LogP contribution in [0.5, 0.6) is 0 Å². The Morgan fingerprint density at radius 2 is 2.07 bits per heavy atom. The number of hydrogen-bond donors (Lipinski definition) is 2. The molecule has 2 aromatic heterocycles. The maximum atomic E-state index is 12.5. The van der Waals surface area contributed by atoms with Gasteiger partial charge in [-0.2, -0.15) is 11.8 Å². The van der Waals surface area contributed by atoms with Gasteiger partial charge < -0.3 is 10.6 Å². The molecule has 2 N–H and O–H groups in total. The summed E-state index contributed by atoms with van der Waals surface area (Å²) in [5.41, 5.74) is 0.595. The highest BCUT2D eigenvalue weighted by atomic mass is 32.2. The third-order valence-electron chi connectivity index (χ3n) is 4.33. The van der Waals surface area contributed by atoms with Crippen molar-refractivity contribution in [1.29, 1.82) is 0 Å². The molecule has 0 spiro atoms. The zero-order valence-electron chi connectivity index (χ0n) is 16.1. The van der Waals surface area contributed by atoms with E-state index in [1.165, 1.54) is 18.2 Å². The van der Waals surface area contributed by atoms with Gasteiger partial charge in [0.2, 0.25) is 5.91 Å². The molecule has 11 heteroatoms. The minimum Gasteiger partial charge on any atom is -0.344 e. The molecule has 10 nitrogen and oxygen atoms in total. The van der Waals surface area contributed by atoms with Crippen LogP contribution in [0.25, 0.3) is 5.65 Å². The highest BCUT2D eigenvalue weighted by molar-refractivity contribution is 7.98. The van der Waals surface area contributed by atoms with E-state index in [-0.39, 0.29) is 23.8 Å². The molecule has 1 aromatic carbocycles. The largest absolute Gasteiger partial charge is 0.344 e. The van der Waals surface area contributed by atoms with Crippen molar-refractivity contribution in [3.63, 3.8) is 0 Å². The molecule has 3 aromatic rings. The summed E-state index contributed by atoms with van der Waals surface area (Å²) in [6.07, 6.45) is 4.44. The van der Waals surface area contributed by atoms with Gasteiger partial charge in [0.15, 0.2) is 11.5 Å². The Bertz CT molecular complexity index is 1070. The van der Waals surface area contributed by atoms with E-state index in [0.717, 1.165) is 11.8 Å². The number of nitro benzene ring substituents is 1. The molecule has 1 unspecified atom stereocenters. The maximum Gasteiger partial charge on any atom is 0.270 e. The summed E-state index contributed by atoms with van der Waals surface area (Å²) in [7, 11) is 0. The van der Waals surface area contributed by atoms with E-state index >= 15 is 0 Å². The van der Waals surface area contributed by atoms with E-state index in [1.54, 1.807) is 11.8 Å². The van der Waals surface area contributed by atoms with Crippen LogP contribution in [0.15, 0.2) is 48.7 Å². The smallest absolute Gasteiger partial charge is 0.270 e. The van der Waals surface area contributed by atoms with Crippen LogP contribution >= 0.6 is 11.8 Å². The Morgan fingerprint density at radius 3 is 2.83 bits per heavy atom. The monoisotopic (exact) mass is 428 g/mol. The van der Waals surface area contributed by atoms with Gasteiger partial charge in [0.25, 0.3) is 11.6 Å². The van der Waals surface area contributed by atoms with Crippen molar-refractivity contribution < 1.29 is 14.5 Å². The first-order valence-corrected chi connectivity index (χ1v) is 10.5. The Labute approximate surface area is 176 Å². The highest BCUT2D eigenvalue weighted by Gasteiger charge is 2.20. The minimum atomic E-state index is -0.581. The lowest BCUT2D eigenvalue weighted by Gasteiger charge is -2.17. The van der Waals surface area contributed by atoms with Gasteiger partial charge in [-0.3, -0.25) is 24.1 Å². The molecule has 0 saturated heterocycles. The second-order valence-corrected chi connectivity index (χ2v) is 7.36. The zero-order valence-corrected chi connectivity index (χ0v) is 17.0. The van der Waals surface area contributed by atoms with Crippen molar-refractivity contribution in [2.24, 2.45) is 0 Å². The molecular weight excluding hydrogens is 408 g/mol. The molecule has 30 heavy (non-hydrogen) atoms. The lowest BCUT2D eigenvalue weighted by Crippen LogP contribution is -2.39. The Hall–Kier alpha value is -3.47. The van der Waals surface area contributed by atoms with E-state index < -0.39 is 16.7 Å². The van der Waals surface area contributed by atoms with Crippen molar-refractivity contribution in [3.8, 4) is 0 Å². The van der Waals surface area contributed by atoms with Gasteiger partial charge in [-0.1, -0.05) is 12.1 Å². The number of carbonyl (C=O) groups is 2. The van der Waals surface area contributed by atoms with Crippen LogP contribution in [0.3, 0.4) is 0 Å². The second kappa shape index (κ2) is 9.83. The van der Waals surface area contributed by atoms with E-state index in [1.807, 2.05) is 35.1 Å². The third-order valence-corrected chi connectivity index (χ3v) is 4.97. The molecule has 0 saturated carbocycles. The maximum absolute atomic E-state index is 12.5. The summed E-state index contributed by atoms with van der Waals surface area (Å²) < 4.78 is 1.81. The van der Waals surface area contributed by atoms with E-state index in [9.17, 15) is 19.7 Å². The van der Waals surface area contributed by atoms with Crippen LogP contribution in [0.1, 0.15) is 28.6 Å². The van der Waals surface area contributed by atoms with Crippen molar-refractivity contribution >= 4 is 34.9 Å². The number of nitrogens with one attached hydrogen (secondary N) is 2. The quantitative estimate of drug-likeness (QED) is 0.393. The van der Waals surface area contributed by atoms with Gasteiger partial charge in [-0.05, 0) is 36.6 Å². The van der Waals surface area contributed by atoms with Gasteiger partial charge >= 0.3 is 0 Å². The number of pyridine rings is 1. The summed E-state index contributed by atoms with van der Waals surface area (Å²) in [4.78, 5) is 35.0. The standard InChI is InChI=1S/C19H20N6O4S/c1-30-10-8-15(18-23-22-16-7-2-3-9-24(16)18)21-17(26)12-20-19(27)13-5-4-6-14(11-13)25(28)29/h2-7,9,11,15H,8,10,12H2,1H3,(H,20,27)(H,21,26). The molecule has 156 valence electrons. The van der Waals surface area contributed by atoms with E-state index in [2.05, 4.69) is 20.8 Å². The third kappa shape index (κ3) is 5.11. The Morgan fingerprint density at radius 1 is 1.23 bits per heavy atom. The number of nitrogens with zero attached hydrogens (tertiary/aromatic N) is 4. The second-order valence-electron chi connectivity index (χ2n) is 6.38. The summed E-state index contributed by atoms with van der Waals surface area (Å²) in [5, 5.41) is 24.6. The van der Waals surface area contributed by atoms with E-state index in [0.29, 0.717) is 17.9 Å². The average molecular weight is 428 g/mol. The number of hydrogen-bond acceptors (Lipinski definition) is 7. The van der Waals surface area contributed by atoms with Gasteiger partial charge in [-0.15, -0.1) is 10.2 Å². The van der Waals surface area contributed by atoms with Crippen LogP contribution in [-0.4, -0.2) is 49.9 Å². The zero-order chi connectivity index (χ0) is 21.5. The van der Waals surface area contributed by atoms with Crippen molar-refractivity contribution in [2.75, 3.05) is 18.6 Å². The molecule has 0 aliphatic rings. The minimum absolute atomic E-state index is 0.111. The van der Waals surface area contributed by atoms with Crippen LogP contribution < -0.4 is 10.6 Å². The molecule has 0 bridgehead atoms. The van der Waals surface area contributed by atoms with Crippen molar-refractivity contribution in [1.82, 2.24) is 25.2 Å². The van der Waals surface area contributed by atoms with Gasteiger partial charge in [0.1, 0.15) is 0 Å². The SMILES string of the molecule is CSCCC(NC(=O)CNC(=O)c1cccc([N+](=O)[O-])c1)c1nnc2ccccn12. The molecule has 0 fully saturated rings. The van der Waals surface area contributed by atoms with Gasteiger partial charge in [0.05, 0.1) is 17.5 Å². The van der Waals surface area contributed by atoms with Gasteiger partial charge in [0, 0.05) is 23.9 Å². The number of non-ortho nitro benzene ring substituents is 1. The predicted octanol–water partition coefficient (Wildman–Crippen LogP) is 1.98. The van der Waals surface area contributed by atoms with E-state index in [4.69, 9.17) is 0 Å². The molecule has 2 heterocycles. The summed E-state index contributed by atoms with van der Waals surface area (Å²) >= 11 is 1.65. The molecule has 1 atom stereocenters. The lowest BCUT2D eigenvalue weighted by molar-refractivity contribution is -0.384. The Kier molecular flexibility index (Phi) is 6.96. The van der Waals surface area contributed by atoms with Crippen LogP contribution in [-0.2, 0) is 4.79 Å². The summed E-state index contributed by atoms with van der Waals surface area (Å²) in [6.45, 7) is -0.270. The summed E-state index contributed by atoms with van der Waals surface area (Å²) in [6, 6.07) is 10.5. The molecular formula is C19H20N6O4S. The van der Waals surface area contributed by atoms with Crippen LogP contribution in [0.4, 0.5) is 5.69 Å². The van der Waals surface area contributed by atoms with Crippen LogP contribution in [0, 0.1) is 10.1 Å². The average Bonchev–Trinajstić information content (AvgIpc) is 3.19. The number of amides is 2. The fourth-order valence-electron chi connectivity index (χ4n) is 2.87. The first kappa shape index (κ1) is 21.2. The normalized spacial score (nSPS) is 11.8. The van der Waals surface area contributed by atoms with Crippen molar-refractivity contribution in [2.45, 2.75) is 12.5 Å². The van der Waals surface area contributed by atoms with Crippen LogP contribution in [0.2, 0.25) is 0 Å². The fourth-order valence-corrected chi connectivity index (χ4v) is 3.34. The number of thioether (sulfide) groups is 1. The molecule has 0 radical (unpaired) electrons. The number of rotatable bonds is 9. The predicted molar refractivity (Wildman–Crippen MR) is 112 cm³/mol. The number of aromatic nitrogens is 3. The lowest BCUT2D eigenvalue weighted by atomic mass is 10.2. The molecule has 0 aliphatic heterocycles. The first-order chi connectivity index (χ1) is 14.5. The Balaban J connectivity index is 1.65. The highest BCUT2D eigenvalue weighted by Crippen LogP contribution is 2.18. The number of nitro groups is 1. The first-order valence-electron chi connectivity index (χ1n) is 9.10. The number of benzene rings is 1. The fraction of sp³-hybridized carbons (Fsp3) is 0.263. The number of fused-ring (bicyclic) bond motifs is 1. The van der Waals surface area contributed by atoms with Crippen molar-refractivity contribution in [3.05, 3.63) is 70.2 Å². The molecule has 3 rings (SSSR count). The molecule has 0 aliphatic carbocycles. The van der Waals surface area contributed by atoms with Gasteiger partial charge in [-0.25, -0.2) is 0 Å². The number of carbonyl (C=O) groups excluding carboxylic acids is 2. The summed E-state index contributed by atoms with van der Waals surface area (Å²) in [5.74, 6) is 0.445. The molecule has 2 amide bonds.